The summed E-state index contributed by atoms with van der Waals surface area (Å²) in [7, 11) is 0. The van der Waals surface area contributed by atoms with Crippen molar-refractivity contribution in [2.24, 2.45) is 0 Å². The molecule has 1 aliphatic heterocycles. The molecule has 5 nitrogen and oxygen atoms in total. The molecule has 1 aliphatic rings. The highest BCUT2D eigenvalue weighted by atomic mass is 16.6. The molecule has 5 heteroatoms. The van der Waals surface area contributed by atoms with Gasteiger partial charge in [0, 0.05) is 6.42 Å². The fourth-order valence-corrected chi connectivity index (χ4v) is 1.04. The lowest BCUT2D eigenvalue weighted by Gasteiger charge is -2.33. The van der Waals surface area contributed by atoms with Crippen LogP contribution in [0.2, 0.25) is 0 Å². The van der Waals surface area contributed by atoms with Gasteiger partial charge in [-0.2, -0.15) is 0 Å². The van der Waals surface area contributed by atoms with Gasteiger partial charge in [0.05, 0.1) is 12.7 Å². The average molecular weight is 164 g/mol. The van der Waals surface area contributed by atoms with Crippen molar-refractivity contribution in [2.75, 3.05) is 6.61 Å². The Morgan fingerprint density at radius 1 is 1.18 bits per heavy atom. The van der Waals surface area contributed by atoms with Crippen molar-refractivity contribution in [2.45, 2.75) is 31.0 Å². The summed E-state index contributed by atoms with van der Waals surface area (Å²) in [5.74, 6) is 0. The van der Waals surface area contributed by atoms with Crippen molar-refractivity contribution < 1.29 is 25.2 Å². The molecular formula is C6H12O5. The summed E-state index contributed by atoms with van der Waals surface area (Å²) >= 11 is 0. The van der Waals surface area contributed by atoms with E-state index in [0.717, 1.165) is 0 Å². The zero-order valence-corrected chi connectivity index (χ0v) is 5.92. The van der Waals surface area contributed by atoms with Crippen molar-refractivity contribution in [3.05, 3.63) is 0 Å². The van der Waals surface area contributed by atoms with Crippen LogP contribution in [-0.4, -0.2) is 51.6 Å². The number of ether oxygens (including phenoxy) is 1. The fraction of sp³-hybridized carbons (Fsp3) is 1.00. The molecule has 1 saturated heterocycles. The van der Waals surface area contributed by atoms with Crippen LogP contribution in [0.3, 0.4) is 0 Å². The Labute approximate surface area is 63.8 Å². The highest BCUT2D eigenvalue weighted by Gasteiger charge is 2.34. The molecule has 0 radical (unpaired) electrons. The molecule has 0 aliphatic carbocycles. The van der Waals surface area contributed by atoms with Crippen molar-refractivity contribution in [3.8, 4) is 0 Å². The highest BCUT2D eigenvalue weighted by Crippen LogP contribution is 2.18. The van der Waals surface area contributed by atoms with Gasteiger partial charge in [0.1, 0.15) is 12.2 Å². The van der Waals surface area contributed by atoms with Gasteiger partial charge in [-0.15, -0.1) is 0 Å². The lowest BCUT2D eigenvalue weighted by molar-refractivity contribution is -0.251. The number of hydrogen-bond acceptors (Lipinski definition) is 5. The van der Waals surface area contributed by atoms with Crippen molar-refractivity contribution in [3.63, 3.8) is 0 Å². The molecule has 1 rings (SSSR count). The van der Waals surface area contributed by atoms with Crippen molar-refractivity contribution in [1.82, 2.24) is 0 Å². The number of aliphatic hydroxyl groups is 4. The first kappa shape index (κ1) is 8.89. The van der Waals surface area contributed by atoms with Gasteiger partial charge >= 0.3 is 0 Å². The monoisotopic (exact) mass is 164 g/mol. The zero-order chi connectivity index (χ0) is 8.43. The third kappa shape index (κ3) is 1.88. The predicted octanol–water partition coefficient (Wildman–Crippen LogP) is -2.19. The van der Waals surface area contributed by atoms with Crippen LogP contribution in [0.5, 0.6) is 0 Å². The highest BCUT2D eigenvalue weighted by molar-refractivity contribution is 4.79. The summed E-state index contributed by atoms with van der Waals surface area (Å²) < 4.78 is 4.67. The molecule has 0 aromatic heterocycles. The van der Waals surface area contributed by atoms with Gasteiger partial charge in [-0.1, -0.05) is 0 Å². The molecule has 0 bridgehead atoms. The maximum atomic E-state index is 9.10. The number of hydrogen-bond donors (Lipinski definition) is 4. The van der Waals surface area contributed by atoms with E-state index in [0.29, 0.717) is 0 Å². The maximum Gasteiger partial charge on any atom is 0.181 e. The summed E-state index contributed by atoms with van der Waals surface area (Å²) in [6.45, 7) is -0.356. The van der Waals surface area contributed by atoms with Crippen LogP contribution in [0.4, 0.5) is 0 Å². The second-order valence-corrected chi connectivity index (χ2v) is 2.62. The van der Waals surface area contributed by atoms with E-state index in [-0.39, 0.29) is 13.0 Å². The molecule has 0 aromatic rings. The average Bonchev–Trinajstić information content (AvgIpc) is 1.97. The first-order valence-electron chi connectivity index (χ1n) is 3.45. The molecule has 0 amide bonds. The summed E-state index contributed by atoms with van der Waals surface area (Å²) in [5.41, 5.74) is 0. The van der Waals surface area contributed by atoms with Crippen LogP contribution < -0.4 is 0 Å². The Morgan fingerprint density at radius 3 is 2.36 bits per heavy atom. The van der Waals surface area contributed by atoms with Crippen LogP contribution in [0.1, 0.15) is 6.42 Å². The van der Waals surface area contributed by atoms with Crippen molar-refractivity contribution >= 4 is 0 Å². The molecule has 0 spiro atoms. The minimum Gasteiger partial charge on any atom is -0.394 e. The first-order chi connectivity index (χ1) is 5.15. The molecule has 1 fully saturated rings. The normalized spacial score (nSPS) is 45.8. The molecule has 1 unspecified atom stereocenters. The van der Waals surface area contributed by atoms with Gasteiger partial charge in [0.15, 0.2) is 6.29 Å². The van der Waals surface area contributed by atoms with Gasteiger partial charge in [0.25, 0.3) is 0 Å². The molecule has 66 valence electrons. The lowest BCUT2D eigenvalue weighted by atomic mass is 10.0. The minimum atomic E-state index is -1.30. The quantitative estimate of drug-likeness (QED) is 0.353. The molecule has 0 saturated carbocycles. The summed E-state index contributed by atoms with van der Waals surface area (Å²) in [6.07, 6.45) is -4.01. The fourth-order valence-electron chi connectivity index (χ4n) is 1.04. The van der Waals surface area contributed by atoms with E-state index in [1.54, 1.807) is 0 Å². The SMILES string of the molecule is OC[C@@H]1OC(O)[C@@H](O)C[C@H]1O. The maximum absolute atomic E-state index is 9.10. The Kier molecular flexibility index (Phi) is 2.80. The summed E-state index contributed by atoms with van der Waals surface area (Å²) in [6, 6.07) is 0. The van der Waals surface area contributed by atoms with Crippen LogP contribution >= 0.6 is 0 Å². The predicted molar refractivity (Wildman–Crippen MR) is 34.6 cm³/mol. The Bertz CT molecular complexity index is 128. The number of aliphatic hydroxyl groups excluding tert-OH is 4. The Morgan fingerprint density at radius 2 is 1.82 bits per heavy atom. The van der Waals surface area contributed by atoms with Crippen LogP contribution in [0, 0.1) is 0 Å². The van der Waals surface area contributed by atoms with Gasteiger partial charge < -0.3 is 25.2 Å². The molecule has 11 heavy (non-hydrogen) atoms. The van der Waals surface area contributed by atoms with Crippen LogP contribution in [-0.2, 0) is 4.74 Å². The molecule has 1 heterocycles. The van der Waals surface area contributed by atoms with E-state index in [1.807, 2.05) is 0 Å². The van der Waals surface area contributed by atoms with E-state index in [4.69, 9.17) is 20.4 Å². The van der Waals surface area contributed by atoms with E-state index in [1.165, 1.54) is 0 Å². The second kappa shape index (κ2) is 3.46. The minimum absolute atomic E-state index is 0.0341. The van der Waals surface area contributed by atoms with E-state index in [9.17, 15) is 0 Å². The third-order valence-corrected chi connectivity index (χ3v) is 1.74. The van der Waals surface area contributed by atoms with Crippen molar-refractivity contribution in [1.29, 1.82) is 0 Å². The van der Waals surface area contributed by atoms with E-state index < -0.39 is 24.6 Å². The van der Waals surface area contributed by atoms with Gasteiger partial charge in [-0.3, -0.25) is 0 Å². The largest absolute Gasteiger partial charge is 0.394 e. The van der Waals surface area contributed by atoms with Gasteiger partial charge in [0.2, 0.25) is 0 Å². The second-order valence-electron chi connectivity index (χ2n) is 2.62. The molecular weight excluding hydrogens is 152 g/mol. The smallest absolute Gasteiger partial charge is 0.181 e. The third-order valence-electron chi connectivity index (χ3n) is 1.74. The summed E-state index contributed by atoms with van der Waals surface area (Å²) in [5, 5.41) is 35.5. The van der Waals surface area contributed by atoms with Crippen LogP contribution in [0.25, 0.3) is 0 Å². The standard InChI is InChI=1S/C6H12O5/c7-2-5-3(8)1-4(9)6(10)11-5/h3-10H,1-2H2/t3-,4+,5+,6?/m1/s1. The van der Waals surface area contributed by atoms with Gasteiger partial charge in [-0.05, 0) is 0 Å². The van der Waals surface area contributed by atoms with Crippen LogP contribution in [0.15, 0.2) is 0 Å². The Hall–Kier alpha value is -0.200. The first-order valence-corrected chi connectivity index (χ1v) is 3.45. The molecule has 4 N–H and O–H groups in total. The van der Waals surface area contributed by atoms with E-state index in [2.05, 4.69) is 4.74 Å². The molecule has 0 aromatic carbocycles. The van der Waals surface area contributed by atoms with Gasteiger partial charge in [-0.25, -0.2) is 0 Å². The molecule has 4 atom stereocenters. The Balaban J connectivity index is 2.48. The lowest BCUT2D eigenvalue weighted by Crippen LogP contribution is -2.48. The topological polar surface area (TPSA) is 90.2 Å². The number of rotatable bonds is 1. The summed E-state index contributed by atoms with van der Waals surface area (Å²) in [4.78, 5) is 0. The zero-order valence-electron chi connectivity index (χ0n) is 5.92. The van der Waals surface area contributed by atoms with E-state index >= 15 is 0 Å².